The van der Waals surface area contributed by atoms with E-state index < -0.39 is 11.5 Å². The lowest BCUT2D eigenvalue weighted by molar-refractivity contribution is -0.132. The summed E-state index contributed by atoms with van der Waals surface area (Å²) in [6.07, 6.45) is 1.20. The predicted octanol–water partition coefficient (Wildman–Crippen LogP) is 4.26. The molecular weight excluding hydrogens is 484 g/mol. The highest BCUT2D eigenvalue weighted by Crippen LogP contribution is 2.41. The van der Waals surface area contributed by atoms with Gasteiger partial charge in [0.2, 0.25) is 11.8 Å². The van der Waals surface area contributed by atoms with Crippen molar-refractivity contribution in [2.75, 3.05) is 18.9 Å². The van der Waals surface area contributed by atoms with Gasteiger partial charge in [-0.3, -0.25) is 14.5 Å². The minimum Gasteiger partial charge on any atom is -0.456 e. The summed E-state index contributed by atoms with van der Waals surface area (Å²) in [6.45, 7) is 10.1. The number of amides is 4. The van der Waals surface area contributed by atoms with Gasteiger partial charge in [0.1, 0.15) is 5.60 Å². The molecule has 5 rings (SSSR count). The number of nitrogens with zero attached hydrogens (tertiary/aromatic N) is 3. The number of ether oxygens (including phenoxy) is 1. The topological polar surface area (TPSA) is 101 Å². The Morgan fingerprint density at radius 1 is 1.13 bits per heavy atom. The monoisotopic (exact) mass is 514 g/mol. The smallest absolute Gasteiger partial charge is 0.338 e. The van der Waals surface area contributed by atoms with Gasteiger partial charge in [0, 0.05) is 42.4 Å². The number of hydrogen-bond donors (Lipinski definition) is 1. The van der Waals surface area contributed by atoms with Crippen LogP contribution in [0.5, 0.6) is 0 Å². The van der Waals surface area contributed by atoms with Crippen molar-refractivity contribution < 1.29 is 23.9 Å². The van der Waals surface area contributed by atoms with Crippen LogP contribution >= 0.6 is 0 Å². The van der Waals surface area contributed by atoms with Gasteiger partial charge in [0.05, 0.1) is 18.0 Å². The standard InChI is InChI=1S/C29H30N4O5/c1-6-24(34)30-19-11-12-22-20(13-19)25-21-15-32(28(37)31(5)26(21)35)16-23(25)33(22)14-17-7-9-18(10-8-17)27(36)38-29(2,3)4/h6-13,21H,1,14-16H2,2-5H3,(H,30,34). The molecule has 3 aromatic rings. The largest absolute Gasteiger partial charge is 0.456 e. The molecule has 1 aromatic heterocycles. The molecule has 1 saturated heterocycles. The highest BCUT2D eigenvalue weighted by atomic mass is 16.6. The number of rotatable bonds is 5. The van der Waals surface area contributed by atoms with Gasteiger partial charge in [-0.2, -0.15) is 0 Å². The normalized spacial score (nSPS) is 16.9. The number of carbonyl (C=O) groups excluding carboxylic acids is 4. The lowest BCUT2D eigenvalue weighted by atomic mass is 9.89. The molecule has 2 aliphatic heterocycles. The number of hydrogen-bond acceptors (Lipinski definition) is 5. The fraction of sp³-hybridized carbons (Fsp3) is 0.310. The van der Waals surface area contributed by atoms with Crippen molar-refractivity contribution in [3.8, 4) is 0 Å². The molecule has 1 fully saturated rings. The van der Waals surface area contributed by atoms with Crippen molar-refractivity contribution in [1.29, 1.82) is 0 Å². The molecule has 0 spiro atoms. The Kier molecular flexibility index (Phi) is 6.09. The van der Waals surface area contributed by atoms with Gasteiger partial charge in [0.25, 0.3) is 0 Å². The molecule has 1 atom stereocenters. The first-order valence-electron chi connectivity index (χ1n) is 12.4. The summed E-state index contributed by atoms with van der Waals surface area (Å²) in [4.78, 5) is 53.2. The summed E-state index contributed by atoms with van der Waals surface area (Å²) in [6, 6.07) is 12.5. The first kappa shape index (κ1) is 25.3. The molecule has 9 heteroatoms. The molecule has 2 aromatic carbocycles. The molecular formula is C29H30N4O5. The van der Waals surface area contributed by atoms with Crippen molar-refractivity contribution >= 4 is 40.4 Å². The SMILES string of the molecule is C=CC(=O)Nc1ccc2c(c1)c1c(n2Cc2ccc(C(=O)OC(C)(C)C)cc2)CN2CC1C(=O)N(C)C2=O. The predicted molar refractivity (Wildman–Crippen MR) is 143 cm³/mol. The van der Waals surface area contributed by atoms with Gasteiger partial charge in [-0.25, -0.2) is 9.59 Å². The van der Waals surface area contributed by atoms with Crippen molar-refractivity contribution in [3.63, 3.8) is 0 Å². The summed E-state index contributed by atoms with van der Waals surface area (Å²) >= 11 is 0. The van der Waals surface area contributed by atoms with E-state index >= 15 is 0 Å². The minimum atomic E-state index is -0.584. The van der Waals surface area contributed by atoms with E-state index in [0.717, 1.165) is 27.7 Å². The third-order valence-corrected chi connectivity index (χ3v) is 6.87. The number of fused-ring (bicyclic) bond motifs is 6. The fourth-order valence-corrected chi connectivity index (χ4v) is 5.15. The zero-order chi connectivity index (χ0) is 27.4. The molecule has 9 nitrogen and oxygen atoms in total. The number of aromatic nitrogens is 1. The molecule has 2 aliphatic rings. The number of urea groups is 1. The number of anilines is 1. The van der Waals surface area contributed by atoms with Gasteiger partial charge < -0.3 is 19.5 Å². The maximum atomic E-state index is 13.2. The minimum absolute atomic E-state index is 0.242. The van der Waals surface area contributed by atoms with Crippen LogP contribution in [-0.2, 0) is 27.4 Å². The van der Waals surface area contributed by atoms with Crippen LogP contribution in [0.4, 0.5) is 10.5 Å². The van der Waals surface area contributed by atoms with E-state index in [1.165, 1.54) is 18.0 Å². The van der Waals surface area contributed by atoms with Gasteiger partial charge in [-0.15, -0.1) is 0 Å². The molecule has 1 unspecified atom stereocenters. The number of nitrogens with one attached hydrogen (secondary N) is 1. The maximum absolute atomic E-state index is 13.2. The average Bonchev–Trinajstić information content (AvgIpc) is 3.18. The summed E-state index contributed by atoms with van der Waals surface area (Å²) < 4.78 is 7.57. The van der Waals surface area contributed by atoms with Crippen LogP contribution in [0, 0.1) is 0 Å². The fourth-order valence-electron chi connectivity index (χ4n) is 5.15. The first-order chi connectivity index (χ1) is 18.0. The summed E-state index contributed by atoms with van der Waals surface area (Å²) in [7, 11) is 1.51. The van der Waals surface area contributed by atoms with Gasteiger partial charge >= 0.3 is 12.0 Å². The zero-order valence-corrected chi connectivity index (χ0v) is 21.9. The van der Waals surface area contributed by atoms with Crippen molar-refractivity contribution in [2.24, 2.45) is 0 Å². The van der Waals surface area contributed by atoms with E-state index in [-0.39, 0.29) is 23.8 Å². The van der Waals surface area contributed by atoms with E-state index in [4.69, 9.17) is 4.74 Å². The summed E-state index contributed by atoms with van der Waals surface area (Å²) in [5, 5.41) is 3.65. The molecule has 4 amide bonds. The van der Waals surface area contributed by atoms with Crippen molar-refractivity contribution in [2.45, 2.75) is 45.4 Å². The van der Waals surface area contributed by atoms with E-state index in [1.807, 2.05) is 51.1 Å². The molecule has 38 heavy (non-hydrogen) atoms. The Morgan fingerprint density at radius 3 is 2.50 bits per heavy atom. The molecule has 0 aliphatic carbocycles. The Bertz CT molecular complexity index is 1500. The number of likely N-dealkylation sites (N-methyl/N-ethyl adjacent to an activating group) is 1. The zero-order valence-electron chi connectivity index (χ0n) is 21.9. The molecule has 196 valence electrons. The first-order valence-corrected chi connectivity index (χ1v) is 12.4. The van der Waals surface area contributed by atoms with Crippen LogP contribution in [-0.4, -0.2) is 57.4 Å². The summed E-state index contributed by atoms with van der Waals surface area (Å²) in [5.41, 5.74) is 4.07. The highest BCUT2D eigenvalue weighted by molar-refractivity contribution is 6.05. The van der Waals surface area contributed by atoms with Gasteiger partial charge in [0.15, 0.2) is 0 Å². The van der Waals surface area contributed by atoms with Gasteiger partial charge in [-0.05, 0) is 68.3 Å². The van der Waals surface area contributed by atoms with Gasteiger partial charge in [-0.1, -0.05) is 18.7 Å². The Morgan fingerprint density at radius 2 is 1.84 bits per heavy atom. The molecule has 3 heterocycles. The Labute approximate surface area is 220 Å². The van der Waals surface area contributed by atoms with E-state index in [2.05, 4.69) is 16.5 Å². The van der Waals surface area contributed by atoms with Crippen LogP contribution in [0.25, 0.3) is 10.9 Å². The van der Waals surface area contributed by atoms with E-state index in [1.54, 1.807) is 17.0 Å². The number of carbonyl (C=O) groups is 4. The number of benzene rings is 2. The molecule has 0 saturated carbocycles. The average molecular weight is 515 g/mol. The van der Waals surface area contributed by atoms with Crippen LogP contribution < -0.4 is 5.32 Å². The lowest BCUT2D eigenvalue weighted by Gasteiger charge is -2.41. The second-order valence-corrected chi connectivity index (χ2v) is 10.7. The Balaban J connectivity index is 1.57. The Hall–Kier alpha value is -4.40. The quantitative estimate of drug-likeness (QED) is 0.405. The van der Waals surface area contributed by atoms with E-state index in [0.29, 0.717) is 30.9 Å². The second kappa shape index (κ2) is 9.16. The molecule has 0 radical (unpaired) electrons. The maximum Gasteiger partial charge on any atom is 0.338 e. The molecule has 2 bridgehead atoms. The van der Waals surface area contributed by atoms with Crippen molar-refractivity contribution in [3.05, 3.63) is 77.5 Å². The molecule has 1 N–H and O–H groups in total. The van der Waals surface area contributed by atoms with Crippen LogP contribution in [0.3, 0.4) is 0 Å². The van der Waals surface area contributed by atoms with Crippen LogP contribution in [0.2, 0.25) is 0 Å². The van der Waals surface area contributed by atoms with Crippen LogP contribution in [0.15, 0.2) is 55.1 Å². The lowest BCUT2D eigenvalue weighted by Crippen LogP contribution is -2.56. The van der Waals surface area contributed by atoms with Crippen LogP contribution in [0.1, 0.15) is 53.9 Å². The second-order valence-electron chi connectivity index (χ2n) is 10.7. The number of esters is 1. The highest BCUT2D eigenvalue weighted by Gasteiger charge is 2.44. The van der Waals surface area contributed by atoms with Crippen molar-refractivity contribution in [1.82, 2.24) is 14.4 Å². The van der Waals surface area contributed by atoms with E-state index in [9.17, 15) is 19.2 Å². The number of imide groups is 1. The third-order valence-electron chi connectivity index (χ3n) is 6.87. The third kappa shape index (κ3) is 4.44. The summed E-state index contributed by atoms with van der Waals surface area (Å²) in [5.74, 6) is -1.45.